The summed E-state index contributed by atoms with van der Waals surface area (Å²) in [5, 5.41) is 12.2. The van der Waals surface area contributed by atoms with Crippen LogP contribution in [0.4, 0.5) is 4.39 Å². The van der Waals surface area contributed by atoms with Gasteiger partial charge in [0.25, 0.3) is 0 Å². The number of fused-ring (bicyclic) bond motifs is 2. The Labute approximate surface area is 226 Å². The fraction of sp³-hybridized carbons (Fsp3) is 0.367. The summed E-state index contributed by atoms with van der Waals surface area (Å²) < 4.78 is 20.6. The van der Waals surface area contributed by atoms with Crippen LogP contribution in [0.1, 0.15) is 37.2 Å². The van der Waals surface area contributed by atoms with E-state index in [1.54, 1.807) is 6.20 Å². The van der Waals surface area contributed by atoms with E-state index in [1.165, 1.54) is 30.5 Å². The first kappa shape index (κ1) is 24.2. The standard InChI is InChI=1S/C30H32FN7O/c31-22-15-21(16-23(18-22)39-14-13-38-11-1-2-12-38)27-29-26(7-10-33-27)34-30(35-29)28-24-17-20(3-4-25(24)36-37-28)19-5-8-32-9-6-19/h3-4,7,10,15-19,32H,1-2,5-6,8-9,11-14H2,(H,34,35)(H,36,37). The highest BCUT2D eigenvalue weighted by atomic mass is 19.1. The van der Waals surface area contributed by atoms with Gasteiger partial charge in [0.1, 0.15) is 29.4 Å². The van der Waals surface area contributed by atoms with Gasteiger partial charge in [0.15, 0.2) is 5.82 Å². The van der Waals surface area contributed by atoms with Crippen LogP contribution < -0.4 is 10.1 Å². The molecule has 5 heterocycles. The summed E-state index contributed by atoms with van der Waals surface area (Å²) in [6, 6.07) is 13.2. The number of H-pyrrole nitrogens is 2. The number of nitrogens with one attached hydrogen (secondary N) is 3. The molecule has 0 aliphatic carbocycles. The normalized spacial score (nSPS) is 16.9. The van der Waals surface area contributed by atoms with Crippen LogP contribution in [0, 0.1) is 5.82 Å². The lowest BCUT2D eigenvalue weighted by Gasteiger charge is -2.23. The predicted molar refractivity (Wildman–Crippen MR) is 150 cm³/mol. The first-order valence-corrected chi connectivity index (χ1v) is 13.9. The van der Waals surface area contributed by atoms with Crippen LogP contribution >= 0.6 is 0 Å². The molecule has 0 saturated carbocycles. The molecule has 0 radical (unpaired) electrons. The first-order valence-electron chi connectivity index (χ1n) is 13.9. The number of ether oxygens (including phenoxy) is 1. The van der Waals surface area contributed by atoms with Gasteiger partial charge in [0.05, 0.1) is 16.7 Å². The third kappa shape index (κ3) is 4.88. The number of pyridine rings is 1. The van der Waals surface area contributed by atoms with Crippen LogP contribution in [0.2, 0.25) is 0 Å². The Kier molecular flexibility index (Phi) is 6.46. The molecule has 2 aliphatic rings. The average molecular weight is 526 g/mol. The van der Waals surface area contributed by atoms with Gasteiger partial charge < -0.3 is 15.0 Å². The minimum absolute atomic E-state index is 0.359. The van der Waals surface area contributed by atoms with Crippen LogP contribution in [-0.2, 0) is 0 Å². The molecule has 8 nitrogen and oxygen atoms in total. The number of aromatic nitrogens is 5. The summed E-state index contributed by atoms with van der Waals surface area (Å²) in [5.41, 5.74) is 5.81. The molecule has 200 valence electrons. The van der Waals surface area contributed by atoms with Gasteiger partial charge in [-0.2, -0.15) is 5.10 Å². The SMILES string of the molecule is Fc1cc(OCCN2CCCC2)cc(-c2nccc3[nH]c(-c4n[nH]c5ccc(C6CCNCC6)cc45)nc23)c1. The molecular formula is C30H32FN7O. The fourth-order valence-electron chi connectivity index (χ4n) is 5.96. The van der Waals surface area contributed by atoms with Gasteiger partial charge in [0.2, 0.25) is 0 Å². The van der Waals surface area contributed by atoms with E-state index in [1.807, 2.05) is 12.1 Å². The van der Waals surface area contributed by atoms with E-state index in [2.05, 4.69) is 48.6 Å². The summed E-state index contributed by atoms with van der Waals surface area (Å²) in [5.74, 6) is 1.35. The molecule has 3 aromatic heterocycles. The van der Waals surface area contributed by atoms with Crippen molar-refractivity contribution in [3.63, 3.8) is 0 Å². The second-order valence-corrected chi connectivity index (χ2v) is 10.6. The predicted octanol–water partition coefficient (Wildman–Crippen LogP) is 5.25. The molecule has 0 atom stereocenters. The lowest BCUT2D eigenvalue weighted by atomic mass is 9.89. The highest BCUT2D eigenvalue weighted by molar-refractivity contribution is 5.96. The molecule has 0 spiro atoms. The smallest absolute Gasteiger partial charge is 0.159 e. The Hall–Kier alpha value is -3.82. The Morgan fingerprint density at radius 2 is 1.85 bits per heavy atom. The second kappa shape index (κ2) is 10.4. The lowest BCUT2D eigenvalue weighted by molar-refractivity contribution is 0.237. The van der Waals surface area contributed by atoms with Gasteiger partial charge in [-0.15, -0.1) is 0 Å². The molecule has 9 heteroatoms. The van der Waals surface area contributed by atoms with Gasteiger partial charge in [-0.05, 0) is 93.7 Å². The lowest BCUT2D eigenvalue weighted by Crippen LogP contribution is -2.26. The molecule has 0 amide bonds. The third-order valence-electron chi connectivity index (χ3n) is 8.04. The van der Waals surface area contributed by atoms with Gasteiger partial charge >= 0.3 is 0 Å². The Morgan fingerprint density at radius 3 is 2.72 bits per heavy atom. The maximum absolute atomic E-state index is 14.7. The Bertz CT molecular complexity index is 1610. The van der Waals surface area contributed by atoms with Crippen molar-refractivity contribution in [2.45, 2.75) is 31.6 Å². The average Bonchev–Trinajstić information content (AvgIpc) is 3.72. The number of hydrogen-bond donors (Lipinski definition) is 3. The summed E-state index contributed by atoms with van der Waals surface area (Å²) in [6.45, 7) is 5.68. The first-order chi connectivity index (χ1) is 19.2. The van der Waals surface area contributed by atoms with Crippen LogP contribution in [0.3, 0.4) is 0 Å². The topological polar surface area (TPSA) is 94.8 Å². The second-order valence-electron chi connectivity index (χ2n) is 10.6. The summed E-state index contributed by atoms with van der Waals surface area (Å²) in [6.07, 6.45) is 6.46. The third-order valence-corrected chi connectivity index (χ3v) is 8.04. The van der Waals surface area contributed by atoms with Gasteiger partial charge in [-0.1, -0.05) is 6.07 Å². The van der Waals surface area contributed by atoms with Crippen molar-refractivity contribution in [1.29, 1.82) is 0 Å². The van der Waals surface area contributed by atoms with Gasteiger partial charge in [-0.3, -0.25) is 15.0 Å². The van der Waals surface area contributed by atoms with Crippen molar-refractivity contribution in [1.82, 2.24) is 35.4 Å². The molecule has 2 aliphatic heterocycles. The zero-order chi connectivity index (χ0) is 26.2. The van der Waals surface area contributed by atoms with E-state index in [9.17, 15) is 4.39 Å². The van der Waals surface area contributed by atoms with Crippen molar-refractivity contribution >= 4 is 21.9 Å². The number of hydrogen-bond acceptors (Lipinski definition) is 6. The highest BCUT2D eigenvalue weighted by Gasteiger charge is 2.20. The molecule has 0 unspecified atom stereocenters. The Balaban J connectivity index is 1.20. The maximum atomic E-state index is 14.7. The molecular weight excluding hydrogens is 493 g/mol. The minimum Gasteiger partial charge on any atom is -0.492 e. The zero-order valence-corrected chi connectivity index (χ0v) is 21.8. The molecule has 3 N–H and O–H groups in total. The molecule has 2 saturated heterocycles. The van der Waals surface area contributed by atoms with E-state index in [-0.39, 0.29) is 5.82 Å². The molecule has 5 aromatic rings. The van der Waals surface area contributed by atoms with Crippen molar-refractivity contribution in [3.8, 4) is 28.5 Å². The van der Waals surface area contributed by atoms with Gasteiger partial charge in [-0.25, -0.2) is 9.37 Å². The van der Waals surface area contributed by atoms with E-state index in [4.69, 9.17) is 9.72 Å². The van der Waals surface area contributed by atoms with E-state index in [0.29, 0.717) is 40.9 Å². The van der Waals surface area contributed by atoms with Crippen molar-refractivity contribution in [2.75, 3.05) is 39.3 Å². The number of rotatable bonds is 7. The molecule has 2 fully saturated rings. The van der Waals surface area contributed by atoms with E-state index in [0.717, 1.165) is 67.7 Å². The zero-order valence-electron chi connectivity index (χ0n) is 21.8. The summed E-state index contributed by atoms with van der Waals surface area (Å²) >= 11 is 0. The van der Waals surface area contributed by atoms with E-state index < -0.39 is 0 Å². The van der Waals surface area contributed by atoms with Crippen LogP contribution in [0.5, 0.6) is 5.75 Å². The minimum atomic E-state index is -0.359. The number of likely N-dealkylation sites (tertiary alicyclic amines) is 1. The molecule has 7 rings (SSSR count). The molecule has 39 heavy (non-hydrogen) atoms. The number of imidazole rings is 1. The number of aromatic amines is 2. The van der Waals surface area contributed by atoms with Crippen LogP contribution in [0.15, 0.2) is 48.7 Å². The number of benzene rings is 2. The van der Waals surface area contributed by atoms with Crippen molar-refractivity contribution in [2.24, 2.45) is 0 Å². The quantitative estimate of drug-likeness (QED) is 0.269. The largest absolute Gasteiger partial charge is 0.492 e. The fourth-order valence-corrected chi connectivity index (χ4v) is 5.96. The highest BCUT2D eigenvalue weighted by Crippen LogP contribution is 2.34. The van der Waals surface area contributed by atoms with Crippen molar-refractivity contribution < 1.29 is 9.13 Å². The van der Waals surface area contributed by atoms with Crippen LogP contribution in [0.25, 0.3) is 44.7 Å². The number of piperidine rings is 1. The van der Waals surface area contributed by atoms with Gasteiger partial charge in [0, 0.05) is 29.8 Å². The number of nitrogens with zero attached hydrogens (tertiary/aromatic N) is 4. The summed E-state index contributed by atoms with van der Waals surface area (Å²) in [4.78, 5) is 15.3. The molecule has 0 bridgehead atoms. The molecule has 2 aromatic carbocycles. The van der Waals surface area contributed by atoms with E-state index >= 15 is 0 Å². The monoisotopic (exact) mass is 525 g/mol. The number of halogens is 1. The van der Waals surface area contributed by atoms with Crippen molar-refractivity contribution in [3.05, 3.63) is 60.0 Å². The maximum Gasteiger partial charge on any atom is 0.159 e. The summed E-state index contributed by atoms with van der Waals surface area (Å²) in [7, 11) is 0. The van der Waals surface area contributed by atoms with Crippen LogP contribution in [-0.4, -0.2) is 69.4 Å². The Morgan fingerprint density at radius 1 is 0.974 bits per heavy atom.